The number of esters is 1. The maximum atomic E-state index is 12.4. The van der Waals surface area contributed by atoms with Crippen molar-refractivity contribution in [3.63, 3.8) is 0 Å². The molecule has 0 saturated heterocycles. The number of ether oxygens (including phenoxy) is 1. The van der Waals surface area contributed by atoms with Gasteiger partial charge in [0.15, 0.2) is 0 Å². The molecule has 0 heterocycles. The van der Waals surface area contributed by atoms with E-state index in [1.807, 2.05) is 6.08 Å². The Morgan fingerprint density at radius 3 is 2.54 bits per heavy atom. The van der Waals surface area contributed by atoms with Crippen LogP contribution < -0.4 is 10.1 Å². The highest BCUT2D eigenvalue weighted by Crippen LogP contribution is 2.25. The van der Waals surface area contributed by atoms with Crippen LogP contribution in [0, 0.1) is 16.0 Å². The number of carbonyl (C=O) groups is 2. The minimum Gasteiger partial charge on any atom is -0.426 e. The summed E-state index contributed by atoms with van der Waals surface area (Å²) in [5, 5.41) is 13.6. The van der Waals surface area contributed by atoms with Gasteiger partial charge >= 0.3 is 5.97 Å². The molecule has 0 saturated carbocycles. The van der Waals surface area contributed by atoms with Gasteiger partial charge in [0.25, 0.3) is 11.6 Å². The van der Waals surface area contributed by atoms with E-state index in [0.29, 0.717) is 17.9 Å². The zero-order valence-corrected chi connectivity index (χ0v) is 15.5. The fourth-order valence-electron chi connectivity index (χ4n) is 2.81. The molecule has 8 heteroatoms. The van der Waals surface area contributed by atoms with Crippen LogP contribution in [0.25, 0.3) is 0 Å². The third-order valence-corrected chi connectivity index (χ3v) is 4.67. The Bertz CT molecular complexity index is 940. The molecule has 7 nitrogen and oxygen atoms in total. The second kappa shape index (κ2) is 8.67. The largest absolute Gasteiger partial charge is 0.426 e. The normalized spacial score (nSPS) is 15.7. The number of halogens is 1. The molecule has 0 aromatic heterocycles. The number of nitro groups is 1. The number of allylic oxidation sites excluding steroid dienone is 2. The Balaban J connectivity index is 1.65. The molecule has 1 amide bonds. The van der Waals surface area contributed by atoms with Gasteiger partial charge in [-0.3, -0.25) is 19.7 Å². The van der Waals surface area contributed by atoms with Crippen molar-refractivity contribution in [2.24, 2.45) is 5.92 Å². The lowest BCUT2D eigenvalue weighted by Crippen LogP contribution is -2.21. The van der Waals surface area contributed by atoms with E-state index >= 15 is 0 Å². The lowest BCUT2D eigenvalue weighted by Gasteiger charge is -2.16. The third kappa shape index (κ3) is 4.75. The zero-order valence-electron chi connectivity index (χ0n) is 14.8. The van der Waals surface area contributed by atoms with E-state index in [1.165, 1.54) is 12.1 Å². The maximum absolute atomic E-state index is 12.4. The van der Waals surface area contributed by atoms with Crippen LogP contribution in [0.1, 0.15) is 29.6 Å². The number of nitro benzene ring substituents is 1. The zero-order chi connectivity index (χ0) is 20.1. The molecular weight excluding hydrogens is 384 g/mol. The first-order valence-corrected chi connectivity index (χ1v) is 9.04. The highest BCUT2D eigenvalue weighted by atomic mass is 35.5. The van der Waals surface area contributed by atoms with E-state index in [2.05, 4.69) is 11.4 Å². The summed E-state index contributed by atoms with van der Waals surface area (Å²) in [7, 11) is 0. The molecule has 0 spiro atoms. The number of anilines is 1. The number of nitrogens with zero attached hydrogens (tertiary/aromatic N) is 1. The van der Waals surface area contributed by atoms with Gasteiger partial charge in [-0.2, -0.15) is 0 Å². The first-order valence-electron chi connectivity index (χ1n) is 8.66. The molecule has 0 fully saturated rings. The van der Waals surface area contributed by atoms with E-state index in [-0.39, 0.29) is 28.2 Å². The second-order valence-electron chi connectivity index (χ2n) is 6.30. The quantitative estimate of drug-likeness (QED) is 0.256. The van der Waals surface area contributed by atoms with Gasteiger partial charge in [-0.25, -0.2) is 0 Å². The molecular formula is C20H17ClN2O5. The van der Waals surface area contributed by atoms with E-state index in [9.17, 15) is 19.7 Å². The van der Waals surface area contributed by atoms with E-state index in [4.69, 9.17) is 16.3 Å². The number of hydrogen-bond donors (Lipinski definition) is 1. The van der Waals surface area contributed by atoms with Gasteiger partial charge in [0, 0.05) is 17.8 Å². The SMILES string of the molecule is O=C(Nc1ccc(OC(=O)[C@@H]2CC=CCC2)cc1)c1cc([N+](=O)[O-])ccc1Cl. The van der Waals surface area contributed by atoms with Crippen LogP contribution in [0.5, 0.6) is 5.75 Å². The Morgan fingerprint density at radius 2 is 1.89 bits per heavy atom. The number of rotatable bonds is 5. The van der Waals surface area contributed by atoms with Crippen molar-refractivity contribution in [2.75, 3.05) is 5.32 Å². The molecule has 0 bridgehead atoms. The van der Waals surface area contributed by atoms with Gasteiger partial charge in [-0.05, 0) is 49.6 Å². The lowest BCUT2D eigenvalue weighted by atomic mass is 9.95. The van der Waals surface area contributed by atoms with Crippen LogP contribution in [0.3, 0.4) is 0 Å². The highest BCUT2D eigenvalue weighted by Gasteiger charge is 2.21. The summed E-state index contributed by atoms with van der Waals surface area (Å²) in [5.41, 5.74) is 0.207. The van der Waals surface area contributed by atoms with Crippen LogP contribution >= 0.6 is 11.6 Å². The first kappa shape index (κ1) is 19.6. The molecule has 144 valence electrons. The van der Waals surface area contributed by atoms with Crippen LogP contribution in [0.2, 0.25) is 5.02 Å². The summed E-state index contributed by atoms with van der Waals surface area (Å²) < 4.78 is 5.38. The van der Waals surface area contributed by atoms with Gasteiger partial charge in [0.2, 0.25) is 0 Å². The third-order valence-electron chi connectivity index (χ3n) is 4.34. The van der Waals surface area contributed by atoms with Crippen LogP contribution in [0.4, 0.5) is 11.4 Å². The summed E-state index contributed by atoms with van der Waals surface area (Å²) in [4.78, 5) is 34.8. The summed E-state index contributed by atoms with van der Waals surface area (Å²) in [6.45, 7) is 0. The maximum Gasteiger partial charge on any atom is 0.314 e. The molecule has 1 aliphatic rings. The van der Waals surface area contributed by atoms with E-state index < -0.39 is 10.8 Å². The Hall–Kier alpha value is -3.19. The van der Waals surface area contributed by atoms with Gasteiger partial charge in [0.1, 0.15) is 5.75 Å². The number of carbonyl (C=O) groups excluding carboxylic acids is 2. The van der Waals surface area contributed by atoms with Crippen LogP contribution in [0.15, 0.2) is 54.6 Å². The number of benzene rings is 2. The summed E-state index contributed by atoms with van der Waals surface area (Å²) in [5.74, 6) is -0.608. The summed E-state index contributed by atoms with van der Waals surface area (Å²) in [6.07, 6.45) is 6.34. The van der Waals surface area contributed by atoms with Crippen molar-refractivity contribution in [3.05, 3.63) is 75.3 Å². The summed E-state index contributed by atoms with van der Waals surface area (Å²) in [6, 6.07) is 9.94. The predicted octanol–water partition coefficient (Wildman–Crippen LogP) is 4.76. The molecule has 1 aliphatic carbocycles. The standard InChI is InChI=1S/C20H17ClN2O5/c21-18-11-8-15(23(26)27)12-17(18)19(24)22-14-6-9-16(10-7-14)28-20(25)13-4-2-1-3-5-13/h1-2,6-13H,3-5H2,(H,22,24)/t13-/m1/s1. The van der Waals surface area contributed by atoms with E-state index in [1.54, 1.807) is 24.3 Å². The van der Waals surface area contributed by atoms with Crippen molar-refractivity contribution in [1.82, 2.24) is 0 Å². The number of non-ortho nitro benzene ring substituents is 1. The second-order valence-corrected chi connectivity index (χ2v) is 6.71. The van der Waals surface area contributed by atoms with E-state index in [0.717, 1.165) is 18.9 Å². The molecule has 1 N–H and O–H groups in total. The fourth-order valence-corrected chi connectivity index (χ4v) is 3.02. The van der Waals surface area contributed by atoms with Crippen LogP contribution in [-0.4, -0.2) is 16.8 Å². The molecule has 0 radical (unpaired) electrons. The monoisotopic (exact) mass is 400 g/mol. The number of amides is 1. The van der Waals surface area contributed by atoms with Crippen molar-refractivity contribution in [1.29, 1.82) is 0 Å². The number of nitrogens with one attached hydrogen (secondary N) is 1. The lowest BCUT2D eigenvalue weighted by molar-refractivity contribution is -0.384. The van der Waals surface area contributed by atoms with Gasteiger partial charge in [-0.1, -0.05) is 23.8 Å². The number of hydrogen-bond acceptors (Lipinski definition) is 5. The molecule has 2 aromatic carbocycles. The minimum absolute atomic E-state index is 0.00303. The fraction of sp³-hybridized carbons (Fsp3) is 0.200. The average molecular weight is 401 g/mol. The van der Waals surface area contributed by atoms with Crippen LogP contribution in [-0.2, 0) is 4.79 Å². The molecule has 28 heavy (non-hydrogen) atoms. The van der Waals surface area contributed by atoms with Gasteiger partial charge in [0.05, 0.1) is 21.4 Å². The Kier molecular flexibility index (Phi) is 6.06. The minimum atomic E-state index is -0.599. The molecule has 1 atom stereocenters. The molecule has 2 aromatic rings. The predicted molar refractivity (Wildman–Crippen MR) is 105 cm³/mol. The van der Waals surface area contributed by atoms with Gasteiger partial charge in [-0.15, -0.1) is 0 Å². The smallest absolute Gasteiger partial charge is 0.314 e. The Labute approximate surface area is 166 Å². The highest BCUT2D eigenvalue weighted by molar-refractivity contribution is 6.34. The Morgan fingerprint density at radius 1 is 1.14 bits per heavy atom. The average Bonchev–Trinajstić information content (AvgIpc) is 2.70. The molecule has 3 rings (SSSR count). The van der Waals surface area contributed by atoms with Crippen molar-refractivity contribution in [2.45, 2.75) is 19.3 Å². The molecule has 0 unspecified atom stereocenters. The molecule has 0 aliphatic heterocycles. The topological polar surface area (TPSA) is 98.5 Å². The van der Waals surface area contributed by atoms with Crippen molar-refractivity contribution < 1.29 is 19.2 Å². The first-order chi connectivity index (χ1) is 13.4. The van der Waals surface area contributed by atoms with Gasteiger partial charge < -0.3 is 10.1 Å². The van der Waals surface area contributed by atoms with Crippen molar-refractivity contribution in [3.8, 4) is 5.75 Å². The van der Waals surface area contributed by atoms with Crippen molar-refractivity contribution >= 4 is 34.9 Å². The summed E-state index contributed by atoms with van der Waals surface area (Å²) >= 11 is 5.97.